The zero-order valence-electron chi connectivity index (χ0n) is 8.33. The van der Waals surface area contributed by atoms with Crippen LogP contribution in [-0.2, 0) is 0 Å². The lowest BCUT2D eigenvalue weighted by molar-refractivity contribution is 0.291. The topological polar surface area (TPSA) is 50.4 Å². The van der Waals surface area contributed by atoms with E-state index in [0.29, 0.717) is 0 Å². The lowest BCUT2D eigenvalue weighted by atomic mass is 9.93. The molecule has 0 aliphatic heterocycles. The van der Waals surface area contributed by atoms with E-state index in [1.807, 2.05) is 7.05 Å². The molecule has 1 unspecified atom stereocenters. The molecule has 0 rings (SSSR count). The summed E-state index contributed by atoms with van der Waals surface area (Å²) in [6.45, 7) is 6.41. The van der Waals surface area contributed by atoms with Crippen LogP contribution in [0.2, 0.25) is 0 Å². The van der Waals surface area contributed by atoms with Gasteiger partial charge in [0.2, 0.25) is 0 Å². The number of hydrogen-bond donors (Lipinski definition) is 2. The summed E-state index contributed by atoms with van der Waals surface area (Å²) in [5.41, 5.74) is 5.31. The normalized spacial score (nSPS) is 16.0. The molecule has 0 aromatic carbocycles. The van der Waals surface area contributed by atoms with E-state index in [4.69, 9.17) is 5.73 Å². The van der Waals surface area contributed by atoms with Crippen LogP contribution in [0.25, 0.3) is 0 Å². The van der Waals surface area contributed by atoms with E-state index in [9.17, 15) is 0 Å². The Morgan fingerprint density at radius 1 is 1.42 bits per heavy atom. The van der Waals surface area contributed by atoms with E-state index < -0.39 is 0 Å². The quantitative estimate of drug-likeness (QED) is 0.622. The molecule has 0 saturated heterocycles. The Kier molecular flexibility index (Phi) is 4.59. The minimum Gasteiger partial charge on any atom is -0.405 e. The van der Waals surface area contributed by atoms with Crippen molar-refractivity contribution in [2.24, 2.45) is 16.1 Å². The van der Waals surface area contributed by atoms with Crippen molar-refractivity contribution < 1.29 is 0 Å². The second-order valence-electron chi connectivity index (χ2n) is 3.74. The van der Waals surface area contributed by atoms with Gasteiger partial charge in [0.25, 0.3) is 0 Å². The van der Waals surface area contributed by atoms with E-state index in [2.05, 4.69) is 31.1 Å². The van der Waals surface area contributed by atoms with Crippen molar-refractivity contribution in [3.8, 4) is 0 Å². The van der Waals surface area contributed by atoms with Crippen LogP contribution in [0.15, 0.2) is 17.3 Å². The molecule has 0 spiro atoms. The van der Waals surface area contributed by atoms with Gasteiger partial charge in [-0.1, -0.05) is 20.8 Å². The molecular weight excluding hydrogens is 150 g/mol. The third-order valence-electron chi connectivity index (χ3n) is 1.53. The fraction of sp³-hybridized carbons (Fsp3) is 0.667. The summed E-state index contributed by atoms with van der Waals surface area (Å²) >= 11 is 0. The van der Waals surface area contributed by atoms with E-state index in [0.717, 1.165) is 0 Å². The predicted molar refractivity (Wildman–Crippen MR) is 54.1 cm³/mol. The van der Waals surface area contributed by atoms with Gasteiger partial charge in [0.1, 0.15) is 6.17 Å². The lowest BCUT2D eigenvalue weighted by Gasteiger charge is -2.26. The number of allylic oxidation sites excluding steroid dienone is 1. The number of nitrogens with two attached hydrogens (primary N) is 1. The van der Waals surface area contributed by atoms with Crippen LogP contribution in [0, 0.1) is 5.41 Å². The Balaban J connectivity index is 4.18. The molecule has 0 amide bonds. The Hall–Kier alpha value is -0.830. The average molecular weight is 169 g/mol. The molecule has 12 heavy (non-hydrogen) atoms. The van der Waals surface area contributed by atoms with Gasteiger partial charge in [-0.05, 0) is 24.7 Å². The van der Waals surface area contributed by atoms with Gasteiger partial charge in [-0.25, -0.2) is 0 Å². The van der Waals surface area contributed by atoms with Crippen molar-refractivity contribution in [1.82, 2.24) is 5.32 Å². The van der Waals surface area contributed by atoms with E-state index in [1.54, 1.807) is 12.3 Å². The van der Waals surface area contributed by atoms with Crippen molar-refractivity contribution >= 4 is 6.21 Å². The molecule has 0 bridgehead atoms. The van der Waals surface area contributed by atoms with Crippen molar-refractivity contribution in [2.75, 3.05) is 7.05 Å². The van der Waals surface area contributed by atoms with Crippen molar-refractivity contribution in [2.45, 2.75) is 26.9 Å². The molecule has 0 heterocycles. The fourth-order valence-electron chi connectivity index (χ4n) is 0.917. The minimum atomic E-state index is 0.133. The van der Waals surface area contributed by atoms with Gasteiger partial charge in [-0.3, -0.25) is 10.3 Å². The summed E-state index contributed by atoms with van der Waals surface area (Å²) in [7, 11) is 1.90. The van der Waals surface area contributed by atoms with Crippen LogP contribution in [0.3, 0.4) is 0 Å². The second-order valence-corrected chi connectivity index (χ2v) is 3.74. The number of nitrogens with one attached hydrogen (secondary N) is 1. The second kappa shape index (κ2) is 4.93. The van der Waals surface area contributed by atoms with Crippen molar-refractivity contribution in [3.05, 3.63) is 12.3 Å². The molecule has 0 saturated carbocycles. The van der Waals surface area contributed by atoms with Gasteiger partial charge in [0.15, 0.2) is 0 Å². The van der Waals surface area contributed by atoms with Crippen LogP contribution < -0.4 is 11.1 Å². The summed E-state index contributed by atoms with van der Waals surface area (Å²) in [5.74, 6) is 0. The average Bonchev–Trinajstić information content (AvgIpc) is 1.95. The smallest absolute Gasteiger partial charge is 0.104 e. The number of aliphatic imine (C=N–C) groups is 1. The molecule has 3 nitrogen and oxygen atoms in total. The SMILES string of the molecule is CNC(N=C/C=C\N)C(C)(C)C. The van der Waals surface area contributed by atoms with Crippen LogP contribution in [0.4, 0.5) is 0 Å². The zero-order valence-corrected chi connectivity index (χ0v) is 8.33. The van der Waals surface area contributed by atoms with E-state index in [-0.39, 0.29) is 11.6 Å². The largest absolute Gasteiger partial charge is 0.405 e. The maximum atomic E-state index is 5.17. The van der Waals surface area contributed by atoms with Gasteiger partial charge in [-0.2, -0.15) is 0 Å². The van der Waals surface area contributed by atoms with Crippen LogP contribution in [0.5, 0.6) is 0 Å². The Labute approximate surface area is 74.8 Å². The molecule has 3 N–H and O–H groups in total. The van der Waals surface area contributed by atoms with E-state index in [1.165, 1.54) is 6.20 Å². The maximum Gasteiger partial charge on any atom is 0.104 e. The molecule has 70 valence electrons. The van der Waals surface area contributed by atoms with Gasteiger partial charge < -0.3 is 5.73 Å². The van der Waals surface area contributed by atoms with Crippen LogP contribution in [-0.4, -0.2) is 19.4 Å². The summed E-state index contributed by atoms with van der Waals surface area (Å²) in [6, 6.07) is 0. The first kappa shape index (κ1) is 11.2. The summed E-state index contributed by atoms with van der Waals surface area (Å²) in [5, 5.41) is 3.13. The van der Waals surface area contributed by atoms with Crippen molar-refractivity contribution in [1.29, 1.82) is 0 Å². The minimum absolute atomic E-state index is 0.133. The van der Waals surface area contributed by atoms with Gasteiger partial charge in [0, 0.05) is 6.21 Å². The molecule has 0 fully saturated rings. The summed E-state index contributed by atoms with van der Waals surface area (Å²) in [4.78, 5) is 4.30. The zero-order chi connectivity index (χ0) is 9.61. The highest BCUT2D eigenvalue weighted by Gasteiger charge is 2.20. The maximum absolute atomic E-state index is 5.17. The number of nitrogens with zero attached hydrogens (tertiary/aromatic N) is 1. The monoisotopic (exact) mass is 169 g/mol. The Morgan fingerprint density at radius 2 is 2.00 bits per heavy atom. The molecule has 3 heteroatoms. The first-order valence-electron chi connectivity index (χ1n) is 4.09. The van der Waals surface area contributed by atoms with E-state index >= 15 is 0 Å². The molecule has 0 aromatic heterocycles. The molecule has 0 aliphatic rings. The highest BCUT2D eigenvalue weighted by Crippen LogP contribution is 2.19. The molecule has 0 aromatic rings. The van der Waals surface area contributed by atoms with Crippen molar-refractivity contribution in [3.63, 3.8) is 0 Å². The summed E-state index contributed by atoms with van der Waals surface area (Å²) < 4.78 is 0. The molecular formula is C9H19N3. The highest BCUT2D eigenvalue weighted by atomic mass is 15.1. The van der Waals surface area contributed by atoms with Gasteiger partial charge in [0.05, 0.1) is 0 Å². The van der Waals surface area contributed by atoms with Gasteiger partial charge in [-0.15, -0.1) is 0 Å². The predicted octanol–water partition coefficient (Wildman–Crippen LogP) is 1.12. The Morgan fingerprint density at radius 3 is 2.33 bits per heavy atom. The molecule has 0 aliphatic carbocycles. The number of hydrogen-bond acceptors (Lipinski definition) is 3. The van der Waals surface area contributed by atoms with Gasteiger partial charge >= 0.3 is 0 Å². The Bertz CT molecular complexity index is 165. The molecule has 1 atom stereocenters. The van der Waals surface area contributed by atoms with Crippen LogP contribution in [0.1, 0.15) is 20.8 Å². The third kappa shape index (κ3) is 4.13. The lowest BCUT2D eigenvalue weighted by Crippen LogP contribution is -2.36. The third-order valence-corrected chi connectivity index (χ3v) is 1.53. The number of rotatable bonds is 3. The fourth-order valence-corrected chi connectivity index (χ4v) is 0.917. The summed E-state index contributed by atoms with van der Waals surface area (Å²) in [6.07, 6.45) is 5.04. The standard InChI is InChI=1S/C9H19N3/c1-9(2,3)8(11-4)12-7-5-6-10/h5-8,11H,10H2,1-4H3/b6-5-,12-7?. The highest BCUT2D eigenvalue weighted by molar-refractivity contribution is 5.70. The first-order chi connectivity index (χ1) is 5.52. The first-order valence-corrected chi connectivity index (χ1v) is 4.09. The van der Waals surface area contributed by atoms with Crippen LogP contribution >= 0.6 is 0 Å². The molecule has 0 radical (unpaired) electrons.